The number of likely N-dealkylation sites (tertiary alicyclic amines) is 2. The number of aliphatic imine (C=N–C) groups is 1. The molecule has 81 heavy (non-hydrogen) atoms. The maximum atomic E-state index is 14.5. The van der Waals surface area contributed by atoms with E-state index in [4.69, 9.17) is 17.2 Å². The normalized spacial score (nSPS) is 17.9. The van der Waals surface area contributed by atoms with Crippen molar-refractivity contribution in [2.45, 2.75) is 152 Å². The first kappa shape index (κ1) is 66.0. The van der Waals surface area contributed by atoms with Gasteiger partial charge < -0.3 is 79.5 Å². The molecule has 2 aliphatic heterocycles. The highest BCUT2D eigenvalue weighted by atomic mass is 32.2. The zero-order valence-corrected chi connectivity index (χ0v) is 47.4. The number of aliphatic hydroxyl groups excluding tert-OH is 1. The molecule has 0 aliphatic carbocycles. The molecule has 446 valence electrons. The number of nitrogens with zero attached hydrogens (tertiary/aromatic N) is 3. The summed E-state index contributed by atoms with van der Waals surface area (Å²) in [6, 6.07) is 2.68. The molecule has 10 atom stereocenters. The van der Waals surface area contributed by atoms with Gasteiger partial charge >= 0.3 is 5.97 Å². The number of nitrogens with two attached hydrogens (primary N) is 3. The Kier molecular flexibility index (Phi) is 26.6. The van der Waals surface area contributed by atoms with Gasteiger partial charge in [-0.2, -0.15) is 11.8 Å². The van der Waals surface area contributed by atoms with Crippen molar-refractivity contribution in [1.29, 1.82) is 0 Å². The molecule has 2 aromatic carbocycles. The third-order valence-electron chi connectivity index (χ3n) is 13.7. The minimum atomic E-state index is -1.51. The Morgan fingerprint density at radius 2 is 1.16 bits per heavy atom. The average Bonchev–Trinajstić information content (AvgIpc) is 4.16. The van der Waals surface area contributed by atoms with Crippen molar-refractivity contribution in [1.82, 2.24) is 47.0 Å². The molecule has 2 fully saturated rings. The third-order valence-corrected chi connectivity index (χ3v) is 14.4. The number of hydrogen-bond acceptors (Lipinski definition) is 15. The van der Waals surface area contributed by atoms with Gasteiger partial charge in [0, 0.05) is 26.1 Å². The Labute approximate surface area is 475 Å². The highest BCUT2D eigenvalue weighted by Gasteiger charge is 2.42. The molecule has 0 bridgehead atoms. The molecule has 0 aromatic heterocycles. The smallest absolute Gasteiger partial charge is 0.326 e. The Hall–Kier alpha value is -7.52. The Balaban J connectivity index is 1.41. The van der Waals surface area contributed by atoms with Gasteiger partial charge in [0.1, 0.15) is 60.1 Å². The number of carbonyl (C=O) groups is 10. The van der Waals surface area contributed by atoms with Gasteiger partial charge in [-0.25, -0.2) is 4.79 Å². The Morgan fingerprint density at radius 1 is 0.630 bits per heavy atom. The fraction of sp³-hybridized carbons (Fsp3) is 0.574. The third kappa shape index (κ3) is 20.8. The fourth-order valence-corrected chi connectivity index (χ4v) is 9.85. The number of aliphatic carboxylic acids is 1. The summed E-state index contributed by atoms with van der Waals surface area (Å²) in [7, 11) is 0. The lowest BCUT2D eigenvalue weighted by Gasteiger charge is -2.32. The minimum absolute atomic E-state index is 0.00783. The predicted molar refractivity (Wildman–Crippen MR) is 301 cm³/mol. The summed E-state index contributed by atoms with van der Waals surface area (Å²) >= 11 is 1.43. The van der Waals surface area contributed by atoms with Crippen molar-refractivity contribution in [2.24, 2.45) is 28.1 Å². The molecule has 16 N–H and O–H groups in total. The zero-order chi connectivity index (χ0) is 59.9. The van der Waals surface area contributed by atoms with Crippen LogP contribution in [0.3, 0.4) is 0 Å². The molecule has 2 saturated heterocycles. The van der Waals surface area contributed by atoms with Gasteiger partial charge in [-0.3, -0.25) is 48.1 Å². The summed E-state index contributed by atoms with van der Waals surface area (Å²) in [6.45, 7) is 6.06. The number of benzene rings is 2. The van der Waals surface area contributed by atoms with E-state index in [9.17, 15) is 63.3 Å². The highest BCUT2D eigenvalue weighted by molar-refractivity contribution is 7.98. The van der Waals surface area contributed by atoms with Gasteiger partial charge in [0.05, 0.1) is 12.6 Å². The number of carbonyl (C=O) groups excluding carboxylic acids is 9. The summed E-state index contributed by atoms with van der Waals surface area (Å²) < 4.78 is 0. The van der Waals surface area contributed by atoms with Crippen molar-refractivity contribution in [3.63, 3.8) is 0 Å². The number of rotatable bonds is 31. The molecule has 26 nitrogen and oxygen atoms in total. The summed E-state index contributed by atoms with van der Waals surface area (Å²) in [5, 5.41) is 47.7. The molecule has 4 rings (SSSR count). The van der Waals surface area contributed by atoms with Crippen LogP contribution in [0.5, 0.6) is 5.75 Å². The summed E-state index contributed by atoms with van der Waals surface area (Å²) in [6.07, 6.45) is 3.73. The molecular weight excluding hydrogens is 1070 g/mol. The second-order valence-corrected chi connectivity index (χ2v) is 21.7. The highest BCUT2D eigenvalue weighted by Crippen LogP contribution is 2.23. The van der Waals surface area contributed by atoms with Gasteiger partial charge in [0.2, 0.25) is 53.2 Å². The Morgan fingerprint density at radius 3 is 1.73 bits per heavy atom. The summed E-state index contributed by atoms with van der Waals surface area (Å²) in [4.78, 5) is 143. The van der Waals surface area contributed by atoms with Gasteiger partial charge in [0.25, 0.3) is 0 Å². The van der Waals surface area contributed by atoms with Gasteiger partial charge in [-0.1, -0.05) is 56.3 Å². The molecule has 0 radical (unpaired) electrons. The molecule has 0 spiro atoms. The van der Waals surface area contributed by atoms with Crippen LogP contribution in [0.1, 0.15) is 90.2 Å². The topological polar surface area (TPSA) is 412 Å². The van der Waals surface area contributed by atoms with E-state index in [1.165, 1.54) is 47.5 Å². The van der Waals surface area contributed by atoms with Crippen LogP contribution in [0.15, 0.2) is 59.6 Å². The second kappa shape index (κ2) is 32.7. The van der Waals surface area contributed by atoms with Crippen molar-refractivity contribution in [2.75, 3.05) is 38.2 Å². The lowest BCUT2D eigenvalue weighted by molar-refractivity contribution is -0.144. The number of phenolic OH excluding ortho intramolecular Hbond substituents is 1. The van der Waals surface area contributed by atoms with Crippen LogP contribution in [-0.4, -0.2) is 189 Å². The van der Waals surface area contributed by atoms with Crippen LogP contribution < -0.4 is 54.4 Å². The first-order valence-corrected chi connectivity index (χ1v) is 28.5. The van der Waals surface area contributed by atoms with E-state index in [0.717, 1.165) is 0 Å². The van der Waals surface area contributed by atoms with Crippen molar-refractivity contribution in [3.8, 4) is 5.75 Å². The van der Waals surface area contributed by atoms with Crippen LogP contribution in [-0.2, 0) is 60.8 Å². The van der Waals surface area contributed by atoms with Crippen molar-refractivity contribution in [3.05, 3.63) is 65.7 Å². The van der Waals surface area contributed by atoms with E-state index in [2.05, 4.69) is 42.2 Å². The quantitative estimate of drug-likeness (QED) is 0.0217. The van der Waals surface area contributed by atoms with Crippen LogP contribution in [0, 0.1) is 5.92 Å². The van der Waals surface area contributed by atoms with Gasteiger partial charge in [0.15, 0.2) is 5.96 Å². The number of amides is 9. The average molecular weight is 1150 g/mol. The molecule has 9 amide bonds. The molecule has 2 heterocycles. The number of nitrogens with one attached hydrogen (secondary N) is 7. The minimum Gasteiger partial charge on any atom is -0.508 e. The SMILES string of the molecule is CSCC[C@H](NC(=O)[C@@H]1CCCN1C(=O)[C@H](C)NC(=O)[C@H](Cc1ccccc1)NC(=O)[C@H](CO)NC(=O)[C@@H](N)Cc1ccc(O)cc1)C(=O)N1CCC[C@H]1C(=O)N[C@@H](CC(C)C)C(=O)N[C@H](C)C(=O)N[C@@H](CCCN=C(N)N)C(=O)O. The van der Waals surface area contributed by atoms with E-state index >= 15 is 0 Å². The van der Waals surface area contributed by atoms with Crippen LogP contribution in [0.2, 0.25) is 0 Å². The first-order chi connectivity index (χ1) is 38.4. The number of phenols is 1. The van der Waals surface area contributed by atoms with Gasteiger partial charge in [-0.15, -0.1) is 0 Å². The number of aromatic hydroxyl groups is 1. The largest absolute Gasteiger partial charge is 0.508 e. The first-order valence-electron chi connectivity index (χ1n) is 27.1. The number of guanidine groups is 1. The zero-order valence-electron chi connectivity index (χ0n) is 46.6. The number of thioether (sulfide) groups is 1. The molecule has 2 aliphatic rings. The van der Waals surface area contributed by atoms with E-state index in [1.54, 1.807) is 42.5 Å². The molecule has 0 saturated carbocycles. The maximum Gasteiger partial charge on any atom is 0.326 e. The van der Waals surface area contributed by atoms with Crippen LogP contribution >= 0.6 is 11.8 Å². The lowest BCUT2D eigenvalue weighted by atomic mass is 10.0. The monoisotopic (exact) mass is 1150 g/mol. The molecule has 2 aromatic rings. The van der Waals surface area contributed by atoms with E-state index < -0.39 is 126 Å². The standard InChI is InChI=1S/C54H81N13O13S/c1-30(2)26-39(46(72)59-31(3)44(70)62-38(53(79)80)14-9-22-58-54(56)57)64-50(76)43-16-11-24-67(43)52(78)37(21-25-81-5)61-49(75)42-15-10-23-66(42)51(77)32(4)60-47(73)40(28-33-12-7-6-8-13-33)63-48(74)41(29-68)65-45(71)36(55)27-34-17-19-35(69)20-18-34/h6-8,12-13,17-20,30-32,36-43,68-69H,9-11,14-16,21-29,55H2,1-5H3,(H,59,72)(H,60,73)(H,61,75)(H,62,70)(H,63,74)(H,64,76)(H,65,71)(H,79,80)(H4,56,57,58)/t31-,32+,36+,37+,38+,39+,40+,41+,42+,43+/m1/s1. The number of carboxylic acids is 1. The van der Waals surface area contributed by atoms with Crippen LogP contribution in [0.4, 0.5) is 0 Å². The van der Waals surface area contributed by atoms with Crippen molar-refractivity contribution >= 4 is 76.9 Å². The van der Waals surface area contributed by atoms with Gasteiger partial charge in [-0.05, 0) is 113 Å². The van der Waals surface area contributed by atoms with E-state index in [1.807, 2.05) is 20.1 Å². The second-order valence-electron chi connectivity index (χ2n) is 20.7. The summed E-state index contributed by atoms with van der Waals surface area (Å²) in [5.74, 6) is -7.45. The van der Waals surface area contributed by atoms with E-state index in [-0.39, 0.29) is 88.6 Å². The lowest BCUT2D eigenvalue weighted by Crippen LogP contribution is -2.60. The molecular formula is C54H81N13O13S. The van der Waals surface area contributed by atoms with Crippen LogP contribution in [0.25, 0.3) is 0 Å². The number of carboxylic acid groups (broad SMARTS) is 1. The maximum absolute atomic E-state index is 14.5. The number of hydrogen-bond donors (Lipinski definition) is 13. The van der Waals surface area contributed by atoms with E-state index in [0.29, 0.717) is 29.7 Å². The van der Waals surface area contributed by atoms with Crippen molar-refractivity contribution < 1.29 is 63.3 Å². The fourth-order valence-electron chi connectivity index (χ4n) is 9.38. The Bertz CT molecular complexity index is 2520. The predicted octanol–water partition coefficient (Wildman–Crippen LogP) is -2.15. The number of aliphatic hydroxyl groups is 1. The molecule has 0 unspecified atom stereocenters. The molecule has 27 heteroatoms. The summed E-state index contributed by atoms with van der Waals surface area (Å²) in [5.41, 5.74) is 18.0.